The first-order chi connectivity index (χ1) is 9.06. The van der Waals surface area contributed by atoms with E-state index >= 15 is 0 Å². The normalized spacial score (nSPS) is 12.6. The summed E-state index contributed by atoms with van der Waals surface area (Å²) < 4.78 is 0. The van der Waals surface area contributed by atoms with Crippen LogP contribution in [0.15, 0.2) is 53.4 Å². The minimum Gasteiger partial charge on any atom is -0.399 e. The molecule has 0 aliphatic rings. The Morgan fingerprint density at radius 3 is 2.16 bits per heavy atom. The van der Waals surface area contributed by atoms with Gasteiger partial charge in [0, 0.05) is 15.8 Å². The summed E-state index contributed by atoms with van der Waals surface area (Å²) in [6.45, 7) is 6.66. The fourth-order valence-electron chi connectivity index (χ4n) is 2.02. The zero-order chi connectivity index (χ0) is 13.8. The summed E-state index contributed by atoms with van der Waals surface area (Å²) in [5.74, 6) is 0.588. The Hall–Kier alpha value is -1.41. The summed E-state index contributed by atoms with van der Waals surface area (Å²) in [6, 6.07) is 17.0. The van der Waals surface area contributed by atoms with Crippen molar-refractivity contribution in [3.8, 4) is 0 Å². The predicted molar refractivity (Wildman–Crippen MR) is 85.7 cm³/mol. The number of thioether (sulfide) groups is 1. The molecule has 2 aromatic carbocycles. The van der Waals surface area contributed by atoms with E-state index in [4.69, 9.17) is 5.73 Å². The largest absolute Gasteiger partial charge is 0.399 e. The van der Waals surface area contributed by atoms with Crippen molar-refractivity contribution in [2.45, 2.75) is 36.8 Å². The summed E-state index contributed by atoms with van der Waals surface area (Å²) in [6.07, 6.45) is 0. The molecule has 0 saturated heterocycles. The second-order valence-electron chi connectivity index (χ2n) is 5.15. The van der Waals surface area contributed by atoms with Gasteiger partial charge in [-0.2, -0.15) is 0 Å². The number of hydrogen-bond donors (Lipinski definition) is 1. The summed E-state index contributed by atoms with van der Waals surface area (Å²) >= 11 is 1.87. The third-order valence-corrected chi connectivity index (χ3v) is 4.41. The molecule has 1 atom stereocenters. The molecule has 2 heteroatoms. The van der Waals surface area contributed by atoms with Gasteiger partial charge in [-0.15, -0.1) is 11.8 Å². The molecular weight excluding hydrogens is 250 g/mol. The van der Waals surface area contributed by atoms with Crippen molar-refractivity contribution in [3.05, 3.63) is 59.7 Å². The Morgan fingerprint density at radius 1 is 0.895 bits per heavy atom. The average Bonchev–Trinajstić information content (AvgIpc) is 2.39. The summed E-state index contributed by atoms with van der Waals surface area (Å²) in [5.41, 5.74) is 9.33. The van der Waals surface area contributed by atoms with Crippen LogP contribution in [-0.4, -0.2) is 0 Å². The molecule has 0 bridgehead atoms. The van der Waals surface area contributed by atoms with E-state index in [1.54, 1.807) is 0 Å². The van der Waals surface area contributed by atoms with E-state index in [2.05, 4.69) is 57.2 Å². The molecule has 1 unspecified atom stereocenters. The lowest BCUT2D eigenvalue weighted by atomic mass is 10.0. The molecule has 0 saturated carbocycles. The fraction of sp³-hybridized carbons (Fsp3) is 0.294. The molecule has 0 amide bonds. The second kappa shape index (κ2) is 6.16. The lowest BCUT2D eigenvalue weighted by molar-refractivity contribution is 0.865. The minimum atomic E-state index is 0.411. The molecule has 0 aliphatic carbocycles. The molecule has 100 valence electrons. The topological polar surface area (TPSA) is 26.0 Å². The van der Waals surface area contributed by atoms with Crippen LogP contribution in [0, 0.1) is 0 Å². The van der Waals surface area contributed by atoms with Crippen LogP contribution < -0.4 is 5.73 Å². The molecule has 0 radical (unpaired) electrons. The van der Waals surface area contributed by atoms with E-state index in [0.717, 1.165) is 5.69 Å². The Labute approximate surface area is 120 Å². The monoisotopic (exact) mass is 271 g/mol. The third-order valence-electron chi connectivity index (χ3n) is 3.24. The van der Waals surface area contributed by atoms with Crippen LogP contribution >= 0.6 is 11.8 Å². The molecule has 2 aromatic rings. The fourth-order valence-corrected chi connectivity index (χ4v) is 3.00. The summed E-state index contributed by atoms with van der Waals surface area (Å²) in [7, 11) is 0. The number of rotatable bonds is 4. The second-order valence-corrected chi connectivity index (χ2v) is 6.57. The van der Waals surface area contributed by atoms with Crippen molar-refractivity contribution in [1.29, 1.82) is 0 Å². The minimum absolute atomic E-state index is 0.411. The molecule has 2 N–H and O–H groups in total. The standard InChI is InChI=1S/C17H21NS/c1-12(2)14-7-9-17(10-8-14)19-13(3)15-5-4-6-16(18)11-15/h4-13H,18H2,1-3H3. The predicted octanol–water partition coefficient (Wildman–Crippen LogP) is 5.25. The maximum Gasteiger partial charge on any atom is 0.0317 e. The van der Waals surface area contributed by atoms with E-state index in [1.807, 2.05) is 23.9 Å². The van der Waals surface area contributed by atoms with Crippen molar-refractivity contribution in [3.63, 3.8) is 0 Å². The molecule has 19 heavy (non-hydrogen) atoms. The van der Waals surface area contributed by atoms with Crippen molar-refractivity contribution in [1.82, 2.24) is 0 Å². The zero-order valence-corrected chi connectivity index (χ0v) is 12.6. The third kappa shape index (κ3) is 3.77. The number of benzene rings is 2. The van der Waals surface area contributed by atoms with Gasteiger partial charge >= 0.3 is 0 Å². The quantitative estimate of drug-likeness (QED) is 0.607. The number of nitrogen functional groups attached to an aromatic ring is 1. The highest BCUT2D eigenvalue weighted by Gasteiger charge is 2.08. The van der Waals surface area contributed by atoms with Gasteiger partial charge in [0.1, 0.15) is 0 Å². The molecular formula is C17H21NS. The van der Waals surface area contributed by atoms with Crippen LogP contribution in [0.5, 0.6) is 0 Å². The van der Waals surface area contributed by atoms with Gasteiger partial charge in [0.15, 0.2) is 0 Å². The highest BCUT2D eigenvalue weighted by atomic mass is 32.2. The van der Waals surface area contributed by atoms with Gasteiger partial charge in [0.2, 0.25) is 0 Å². The first-order valence-corrected chi connectivity index (χ1v) is 7.56. The van der Waals surface area contributed by atoms with E-state index in [1.165, 1.54) is 16.0 Å². The van der Waals surface area contributed by atoms with Gasteiger partial charge in [0.05, 0.1) is 0 Å². The summed E-state index contributed by atoms with van der Waals surface area (Å²) in [4.78, 5) is 1.30. The van der Waals surface area contributed by atoms with E-state index in [9.17, 15) is 0 Å². The summed E-state index contributed by atoms with van der Waals surface area (Å²) in [5, 5.41) is 0.411. The molecule has 0 spiro atoms. The van der Waals surface area contributed by atoms with Gasteiger partial charge in [-0.05, 0) is 48.2 Å². The molecule has 0 heterocycles. The lowest BCUT2D eigenvalue weighted by Crippen LogP contribution is -1.92. The van der Waals surface area contributed by atoms with Crippen molar-refractivity contribution in [2.24, 2.45) is 0 Å². The maximum absolute atomic E-state index is 5.83. The van der Waals surface area contributed by atoms with E-state index in [-0.39, 0.29) is 0 Å². The van der Waals surface area contributed by atoms with E-state index < -0.39 is 0 Å². The highest BCUT2D eigenvalue weighted by molar-refractivity contribution is 7.99. The van der Waals surface area contributed by atoms with Crippen LogP contribution in [0.3, 0.4) is 0 Å². The van der Waals surface area contributed by atoms with Crippen LogP contribution in [0.1, 0.15) is 43.1 Å². The van der Waals surface area contributed by atoms with Gasteiger partial charge in [-0.1, -0.05) is 38.1 Å². The Bertz CT molecular complexity index is 531. The average molecular weight is 271 g/mol. The van der Waals surface area contributed by atoms with Crippen LogP contribution in [0.2, 0.25) is 0 Å². The number of anilines is 1. The Morgan fingerprint density at radius 2 is 1.58 bits per heavy atom. The Balaban J connectivity index is 2.08. The van der Waals surface area contributed by atoms with Crippen molar-refractivity contribution < 1.29 is 0 Å². The number of hydrogen-bond acceptors (Lipinski definition) is 2. The van der Waals surface area contributed by atoms with Crippen LogP contribution in [0.4, 0.5) is 5.69 Å². The lowest BCUT2D eigenvalue weighted by Gasteiger charge is -2.13. The Kier molecular flexibility index (Phi) is 4.54. The smallest absolute Gasteiger partial charge is 0.0317 e. The molecule has 0 aromatic heterocycles. The molecule has 0 fully saturated rings. The first-order valence-electron chi connectivity index (χ1n) is 6.68. The molecule has 1 nitrogen and oxygen atoms in total. The van der Waals surface area contributed by atoms with Gasteiger partial charge in [-0.25, -0.2) is 0 Å². The van der Waals surface area contributed by atoms with Crippen LogP contribution in [-0.2, 0) is 0 Å². The van der Waals surface area contributed by atoms with Crippen molar-refractivity contribution in [2.75, 3.05) is 5.73 Å². The molecule has 0 aliphatic heterocycles. The van der Waals surface area contributed by atoms with Gasteiger partial charge in [-0.3, -0.25) is 0 Å². The SMILES string of the molecule is CC(C)c1ccc(SC(C)c2cccc(N)c2)cc1. The maximum atomic E-state index is 5.83. The number of nitrogens with two attached hydrogens (primary N) is 1. The van der Waals surface area contributed by atoms with Gasteiger partial charge in [0.25, 0.3) is 0 Å². The first kappa shape index (κ1) is 14.0. The van der Waals surface area contributed by atoms with E-state index in [0.29, 0.717) is 11.2 Å². The van der Waals surface area contributed by atoms with Gasteiger partial charge < -0.3 is 5.73 Å². The zero-order valence-electron chi connectivity index (χ0n) is 11.8. The highest BCUT2D eigenvalue weighted by Crippen LogP contribution is 2.35. The molecule has 2 rings (SSSR count). The van der Waals surface area contributed by atoms with Crippen LogP contribution in [0.25, 0.3) is 0 Å². The van der Waals surface area contributed by atoms with Crippen molar-refractivity contribution >= 4 is 17.4 Å².